The van der Waals surface area contributed by atoms with Gasteiger partial charge in [-0.3, -0.25) is 0 Å². The summed E-state index contributed by atoms with van der Waals surface area (Å²) in [5.41, 5.74) is 2.98. The fourth-order valence-corrected chi connectivity index (χ4v) is 3.33. The van der Waals surface area contributed by atoms with Crippen LogP contribution in [0, 0.1) is 5.92 Å². The fraction of sp³-hybridized carbons (Fsp3) is 0.667. The van der Waals surface area contributed by atoms with Gasteiger partial charge >= 0.3 is 0 Å². The van der Waals surface area contributed by atoms with Gasteiger partial charge < -0.3 is 15.1 Å². The summed E-state index contributed by atoms with van der Waals surface area (Å²) in [6, 6.07) is 8.91. The van der Waals surface area contributed by atoms with Gasteiger partial charge in [0.05, 0.1) is 0 Å². The van der Waals surface area contributed by atoms with Crippen LogP contribution in [0.1, 0.15) is 24.5 Å². The van der Waals surface area contributed by atoms with E-state index in [1.54, 1.807) is 0 Å². The molecule has 0 bridgehead atoms. The Morgan fingerprint density at radius 3 is 2.71 bits per heavy atom. The molecule has 3 nitrogen and oxygen atoms in total. The number of hydrogen-bond acceptors (Lipinski definition) is 3. The Bertz CT molecular complexity index is 419. The molecule has 0 amide bonds. The third-order valence-corrected chi connectivity index (χ3v) is 4.44. The monoisotopic (exact) mass is 289 g/mol. The molecule has 0 aliphatic carbocycles. The highest BCUT2D eigenvalue weighted by Gasteiger charge is 2.20. The van der Waals surface area contributed by atoms with Crippen molar-refractivity contribution in [1.82, 2.24) is 15.1 Å². The highest BCUT2D eigenvalue weighted by atomic mass is 15.1. The molecule has 1 aliphatic heterocycles. The second-order valence-corrected chi connectivity index (χ2v) is 6.49. The van der Waals surface area contributed by atoms with Crippen molar-refractivity contribution >= 4 is 0 Å². The van der Waals surface area contributed by atoms with Crippen LogP contribution in [-0.2, 0) is 13.0 Å². The summed E-state index contributed by atoms with van der Waals surface area (Å²) in [4.78, 5) is 4.94. The second kappa shape index (κ2) is 8.52. The molecule has 0 aromatic heterocycles. The first kappa shape index (κ1) is 16.5. The van der Waals surface area contributed by atoms with Crippen LogP contribution in [0.2, 0.25) is 0 Å². The van der Waals surface area contributed by atoms with Crippen LogP contribution in [-0.4, -0.2) is 56.6 Å². The predicted molar refractivity (Wildman–Crippen MR) is 90.6 cm³/mol. The zero-order valence-electron chi connectivity index (χ0n) is 13.9. The average Bonchev–Trinajstić information content (AvgIpc) is 2.86. The Morgan fingerprint density at radius 2 is 2.05 bits per heavy atom. The van der Waals surface area contributed by atoms with E-state index < -0.39 is 0 Å². The fourth-order valence-electron chi connectivity index (χ4n) is 3.33. The number of nitrogens with one attached hydrogen (secondary N) is 1. The van der Waals surface area contributed by atoms with Crippen molar-refractivity contribution in [2.45, 2.75) is 26.3 Å². The molecule has 1 aromatic carbocycles. The molecule has 21 heavy (non-hydrogen) atoms. The van der Waals surface area contributed by atoms with Crippen LogP contribution in [0.5, 0.6) is 0 Å². The molecule has 1 fully saturated rings. The first-order valence-electron chi connectivity index (χ1n) is 8.33. The Hall–Kier alpha value is -0.900. The lowest BCUT2D eigenvalue weighted by atomic mass is 10.0. The molecule has 1 atom stereocenters. The standard InChI is InChI=1S/C18H31N3/c1-4-19-11-9-17-7-5-6-8-18(17)15-21(3)14-16-10-12-20(2)13-16/h5-8,16,19H,4,9-15H2,1-3H3. The van der Waals surface area contributed by atoms with Crippen LogP contribution < -0.4 is 5.32 Å². The van der Waals surface area contributed by atoms with Gasteiger partial charge in [-0.2, -0.15) is 0 Å². The molecular formula is C18H31N3. The van der Waals surface area contributed by atoms with E-state index in [1.165, 1.54) is 37.2 Å². The van der Waals surface area contributed by atoms with Gasteiger partial charge in [-0.05, 0) is 63.6 Å². The number of nitrogens with zero attached hydrogens (tertiary/aromatic N) is 2. The van der Waals surface area contributed by atoms with Crippen LogP contribution in [0.25, 0.3) is 0 Å². The van der Waals surface area contributed by atoms with Gasteiger partial charge in [-0.15, -0.1) is 0 Å². The maximum atomic E-state index is 3.42. The molecule has 1 N–H and O–H groups in total. The molecule has 0 saturated carbocycles. The predicted octanol–water partition coefficient (Wildman–Crippen LogP) is 2.22. The average molecular weight is 289 g/mol. The van der Waals surface area contributed by atoms with E-state index in [-0.39, 0.29) is 0 Å². The Kier molecular flexibility index (Phi) is 6.68. The maximum absolute atomic E-state index is 3.42. The molecule has 1 saturated heterocycles. The summed E-state index contributed by atoms with van der Waals surface area (Å²) in [5.74, 6) is 0.842. The summed E-state index contributed by atoms with van der Waals surface area (Å²) in [6.07, 6.45) is 2.48. The number of likely N-dealkylation sites (tertiary alicyclic amines) is 1. The van der Waals surface area contributed by atoms with Crippen LogP contribution in [0.15, 0.2) is 24.3 Å². The number of benzene rings is 1. The first-order valence-corrected chi connectivity index (χ1v) is 8.33. The number of hydrogen-bond donors (Lipinski definition) is 1. The van der Waals surface area contributed by atoms with E-state index in [4.69, 9.17) is 0 Å². The lowest BCUT2D eigenvalue weighted by Crippen LogP contribution is -2.27. The van der Waals surface area contributed by atoms with Gasteiger partial charge in [0.1, 0.15) is 0 Å². The minimum atomic E-state index is 0.842. The van der Waals surface area contributed by atoms with E-state index in [9.17, 15) is 0 Å². The Morgan fingerprint density at radius 1 is 1.29 bits per heavy atom. The quantitative estimate of drug-likeness (QED) is 0.740. The van der Waals surface area contributed by atoms with Gasteiger partial charge in [-0.25, -0.2) is 0 Å². The van der Waals surface area contributed by atoms with E-state index in [0.717, 1.165) is 32.0 Å². The van der Waals surface area contributed by atoms with Crippen molar-refractivity contribution in [3.05, 3.63) is 35.4 Å². The summed E-state index contributed by atoms with van der Waals surface area (Å²) in [7, 11) is 4.50. The van der Waals surface area contributed by atoms with Crippen molar-refractivity contribution in [1.29, 1.82) is 0 Å². The maximum Gasteiger partial charge on any atom is 0.0233 e. The molecular weight excluding hydrogens is 258 g/mol. The molecule has 0 radical (unpaired) electrons. The third-order valence-electron chi connectivity index (χ3n) is 4.44. The molecule has 1 aliphatic rings. The Balaban J connectivity index is 1.86. The van der Waals surface area contributed by atoms with E-state index in [2.05, 4.69) is 60.4 Å². The first-order chi connectivity index (χ1) is 10.2. The largest absolute Gasteiger partial charge is 0.317 e. The van der Waals surface area contributed by atoms with E-state index in [1.807, 2.05) is 0 Å². The topological polar surface area (TPSA) is 18.5 Å². The van der Waals surface area contributed by atoms with Crippen molar-refractivity contribution in [2.24, 2.45) is 5.92 Å². The summed E-state index contributed by atoms with van der Waals surface area (Å²) in [6.45, 7) is 9.10. The SMILES string of the molecule is CCNCCc1ccccc1CN(C)CC1CCN(C)C1. The van der Waals surface area contributed by atoms with Gasteiger partial charge in [-0.1, -0.05) is 31.2 Å². The van der Waals surface area contributed by atoms with Gasteiger partial charge in [0.2, 0.25) is 0 Å². The zero-order valence-corrected chi connectivity index (χ0v) is 13.9. The van der Waals surface area contributed by atoms with Crippen molar-refractivity contribution in [3.8, 4) is 0 Å². The van der Waals surface area contributed by atoms with Gasteiger partial charge in [0.15, 0.2) is 0 Å². The zero-order chi connectivity index (χ0) is 15.1. The molecule has 1 unspecified atom stereocenters. The third kappa shape index (κ3) is 5.42. The van der Waals surface area contributed by atoms with Crippen molar-refractivity contribution in [2.75, 3.05) is 46.8 Å². The summed E-state index contributed by atoms with van der Waals surface area (Å²) >= 11 is 0. The van der Waals surface area contributed by atoms with Crippen LogP contribution in [0.4, 0.5) is 0 Å². The molecule has 0 spiro atoms. The molecule has 2 rings (SSSR count). The smallest absolute Gasteiger partial charge is 0.0233 e. The van der Waals surface area contributed by atoms with Gasteiger partial charge in [0, 0.05) is 19.6 Å². The minimum absolute atomic E-state index is 0.842. The molecule has 1 heterocycles. The molecule has 118 valence electrons. The van der Waals surface area contributed by atoms with Gasteiger partial charge in [0.25, 0.3) is 0 Å². The van der Waals surface area contributed by atoms with E-state index >= 15 is 0 Å². The lowest BCUT2D eigenvalue weighted by Gasteiger charge is -2.22. The highest BCUT2D eigenvalue weighted by Crippen LogP contribution is 2.17. The van der Waals surface area contributed by atoms with Crippen molar-refractivity contribution in [3.63, 3.8) is 0 Å². The normalized spacial score (nSPS) is 19.5. The van der Waals surface area contributed by atoms with Crippen LogP contribution in [0.3, 0.4) is 0 Å². The minimum Gasteiger partial charge on any atom is -0.317 e. The Labute approximate surface area is 130 Å². The number of likely N-dealkylation sites (N-methyl/N-ethyl adjacent to an activating group) is 1. The van der Waals surface area contributed by atoms with E-state index in [0.29, 0.717) is 0 Å². The molecule has 3 heteroatoms. The summed E-state index contributed by atoms with van der Waals surface area (Å²) in [5, 5.41) is 3.42. The summed E-state index contributed by atoms with van der Waals surface area (Å²) < 4.78 is 0. The van der Waals surface area contributed by atoms with Crippen molar-refractivity contribution < 1.29 is 0 Å². The number of rotatable bonds is 8. The van der Waals surface area contributed by atoms with Crippen LogP contribution >= 0.6 is 0 Å². The molecule has 1 aromatic rings. The second-order valence-electron chi connectivity index (χ2n) is 6.49. The lowest BCUT2D eigenvalue weighted by molar-refractivity contribution is 0.266. The highest BCUT2D eigenvalue weighted by molar-refractivity contribution is 5.27.